The van der Waals surface area contributed by atoms with Gasteiger partial charge in [0.2, 0.25) is 5.91 Å². The molecule has 1 fully saturated rings. The van der Waals surface area contributed by atoms with Gasteiger partial charge in [0.15, 0.2) is 0 Å². The molecule has 2 atom stereocenters. The van der Waals surface area contributed by atoms with E-state index in [-0.39, 0.29) is 29.6 Å². The molecule has 1 saturated heterocycles. The number of ether oxygens (including phenoxy) is 1. The van der Waals surface area contributed by atoms with Crippen LogP contribution in [0, 0.1) is 0 Å². The highest BCUT2D eigenvalue weighted by molar-refractivity contribution is 8.00. The maximum absolute atomic E-state index is 12.2. The van der Waals surface area contributed by atoms with Crippen LogP contribution in [0.25, 0.3) is 0 Å². The third-order valence-electron chi connectivity index (χ3n) is 3.09. The lowest BCUT2D eigenvalue weighted by atomic mass is 10.2. The van der Waals surface area contributed by atoms with Gasteiger partial charge in [-0.3, -0.25) is 4.79 Å². The van der Waals surface area contributed by atoms with Crippen molar-refractivity contribution in [2.45, 2.75) is 31.0 Å². The number of rotatable bonds is 4. The summed E-state index contributed by atoms with van der Waals surface area (Å²) < 4.78 is 5.60. The predicted molar refractivity (Wildman–Crippen MR) is 78.5 cm³/mol. The zero-order valence-corrected chi connectivity index (χ0v) is 12.8. The second-order valence-electron chi connectivity index (χ2n) is 5.03. The Labute approximate surface area is 127 Å². The van der Waals surface area contributed by atoms with Crippen LogP contribution in [-0.4, -0.2) is 57.9 Å². The summed E-state index contributed by atoms with van der Waals surface area (Å²) in [4.78, 5) is 29.3. The minimum Gasteiger partial charge on any atom is -0.477 e. The highest BCUT2D eigenvalue weighted by Crippen LogP contribution is 2.20. The van der Waals surface area contributed by atoms with Gasteiger partial charge in [-0.1, -0.05) is 0 Å². The van der Waals surface area contributed by atoms with Gasteiger partial charge < -0.3 is 14.7 Å². The van der Waals surface area contributed by atoms with Gasteiger partial charge in [0, 0.05) is 24.2 Å². The molecule has 1 aliphatic rings. The molecule has 114 valence electrons. The predicted octanol–water partition coefficient (Wildman–Crippen LogP) is 1.51. The van der Waals surface area contributed by atoms with Gasteiger partial charge >= 0.3 is 5.97 Å². The van der Waals surface area contributed by atoms with Crippen LogP contribution in [0.15, 0.2) is 23.2 Å². The Morgan fingerprint density at radius 1 is 1.43 bits per heavy atom. The second-order valence-corrected chi connectivity index (χ2v) is 6.08. The van der Waals surface area contributed by atoms with Gasteiger partial charge in [0.25, 0.3) is 0 Å². The zero-order chi connectivity index (χ0) is 15.4. The summed E-state index contributed by atoms with van der Waals surface area (Å²) in [5.74, 6) is -0.752. The molecule has 1 aromatic rings. The summed E-state index contributed by atoms with van der Waals surface area (Å²) in [5, 5.41) is 8.89. The highest BCUT2D eigenvalue weighted by Gasteiger charge is 2.25. The number of nitrogens with zero attached hydrogens (tertiary/aromatic N) is 2. The molecule has 0 aliphatic carbocycles. The van der Waals surface area contributed by atoms with Crippen molar-refractivity contribution in [2.24, 2.45) is 0 Å². The molecular formula is C14H18N2O4S. The van der Waals surface area contributed by atoms with Crippen molar-refractivity contribution in [3.8, 4) is 0 Å². The van der Waals surface area contributed by atoms with Crippen molar-refractivity contribution < 1.29 is 19.4 Å². The van der Waals surface area contributed by atoms with Gasteiger partial charge in [0.1, 0.15) is 5.69 Å². The molecule has 1 N–H and O–H groups in total. The Balaban J connectivity index is 1.92. The van der Waals surface area contributed by atoms with Gasteiger partial charge in [-0.2, -0.15) is 0 Å². The molecule has 0 aromatic carbocycles. The van der Waals surface area contributed by atoms with E-state index < -0.39 is 5.97 Å². The standard InChI is InChI=1S/C14H18N2O4S/c1-9-6-16(7-10(2)20-9)13(17)8-21-11-3-4-15-12(5-11)14(18)19/h3-5,9-10H,6-8H2,1-2H3,(H,18,19). The summed E-state index contributed by atoms with van der Waals surface area (Å²) in [6.07, 6.45) is 1.53. The van der Waals surface area contributed by atoms with Crippen LogP contribution in [0.4, 0.5) is 0 Å². The van der Waals surface area contributed by atoms with E-state index in [0.29, 0.717) is 13.1 Å². The summed E-state index contributed by atoms with van der Waals surface area (Å²) >= 11 is 1.32. The SMILES string of the molecule is CC1CN(C(=O)CSc2ccnc(C(=O)O)c2)CC(C)O1. The first kappa shape index (κ1) is 15.8. The van der Waals surface area contributed by atoms with E-state index in [1.807, 2.05) is 13.8 Å². The number of thioether (sulfide) groups is 1. The molecule has 6 nitrogen and oxygen atoms in total. The van der Waals surface area contributed by atoms with Crippen LogP contribution in [0.1, 0.15) is 24.3 Å². The van der Waals surface area contributed by atoms with Gasteiger partial charge in [0.05, 0.1) is 18.0 Å². The first-order valence-corrected chi connectivity index (χ1v) is 7.69. The molecule has 2 rings (SSSR count). The maximum Gasteiger partial charge on any atom is 0.354 e. The van der Waals surface area contributed by atoms with E-state index in [0.717, 1.165) is 4.90 Å². The molecule has 0 spiro atoms. The highest BCUT2D eigenvalue weighted by atomic mass is 32.2. The molecular weight excluding hydrogens is 292 g/mol. The van der Waals surface area contributed by atoms with Crippen LogP contribution in [0.3, 0.4) is 0 Å². The fourth-order valence-corrected chi connectivity index (χ4v) is 3.06. The Morgan fingerprint density at radius 2 is 2.10 bits per heavy atom. The molecule has 1 amide bonds. The van der Waals surface area contributed by atoms with E-state index in [9.17, 15) is 9.59 Å². The molecule has 0 bridgehead atoms. The lowest BCUT2D eigenvalue weighted by Gasteiger charge is -2.35. The number of hydrogen-bond acceptors (Lipinski definition) is 5. The normalized spacial score (nSPS) is 22.1. The zero-order valence-electron chi connectivity index (χ0n) is 12.0. The fourth-order valence-electron chi connectivity index (χ4n) is 2.24. The average Bonchev–Trinajstić information content (AvgIpc) is 2.44. The molecule has 0 radical (unpaired) electrons. The van der Waals surface area contributed by atoms with E-state index in [4.69, 9.17) is 9.84 Å². The number of hydrogen-bond donors (Lipinski definition) is 1. The Hall–Kier alpha value is -1.60. The van der Waals surface area contributed by atoms with Crippen molar-refractivity contribution in [1.29, 1.82) is 0 Å². The fraction of sp³-hybridized carbons (Fsp3) is 0.500. The van der Waals surface area contributed by atoms with E-state index >= 15 is 0 Å². The van der Waals surface area contributed by atoms with Gasteiger partial charge in [-0.05, 0) is 26.0 Å². The molecule has 1 aliphatic heterocycles. The first-order chi connectivity index (χ1) is 9.95. The summed E-state index contributed by atoms with van der Waals surface area (Å²) in [6, 6.07) is 3.18. The molecule has 2 heterocycles. The van der Waals surface area contributed by atoms with E-state index in [1.165, 1.54) is 24.0 Å². The first-order valence-electron chi connectivity index (χ1n) is 6.71. The number of morpholine rings is 1. The largest absolute Gasteiger partial charge is 0.477 e. The lowest BCUT2D eigenvalue weighted by molar-refractivity contribution is -0.140. The monoisotopic (exact) mass is 310 g/mol. The number of amides is 1. The van der Waals surface area contributed by atoms with Crippen LogP contribution in [0.2, 0.25) is 0 Å². The number of carboxylic acids is 1. The Bertz CT molecular complexity index is 527. The van der Waals surface area contributed by atoms with Gasteiger partial charge in [-0.15, -0.1) is 11.8 Å². The van der Waals surface area contributed by atoms with Crippen LogP contribution < -0.4 is 0 Å². The van der Waals surface area contributed by atoms with Crippen LogP contribution in [-0.2, 0) is 9.53 Å². The maximum atomic E-state index is 12.2. The number of carboxylic acid groups (broad SMARTS) is 1. The average molecular weight is 310 g/mol. The number of carbonyl (C=O) groups is 2. The molecule has 0 saturated carbocycles. The lowest BCUT2D eigenvalue weighted by Crippen LogP contribution is -2.48. The van der Waals surface area contributed by atoms with Crippen LogP contribution in [0.5, 0.6) is 0 Å². The van der Waals surface area contributed by atoms with E-state index in [2.05, 4.69) is 4.98 Å². The summed E-state index contributed by atoms with van der Waals surface area (Å²) in [7, 11) is 0. The Morgan fingerprint density at radius 3 is 2.71 bits per heavy atom. The number of pyridine rings is 1. The third-order valence-corrected chi connectivity index (χ3v) is 4.06. The minimum atomic E-state index is -1.07. The van der Waals surface area contributed by atoms with Crippen molar-refractivity contribution in [3.05, 3.63) is 24.0 Å². The molecule has 2 unspecified atom stereocenters. The van der Waals surface area contributed by atoms with Crippen molar-refractivity contribution in [2.75, 3.05) is 18.8 Å². The quantitative estimate of drug-likeness (QED) is 0.849. The molecule has 21 heavy (non-hydrogen) atoms. The van der Waals surface area contributed by atoms with Gasteiger partial charge in [-0.25, -0.2) is 9.78 Å². The summed E-state index contributed by atoms with van der Waals surface area (Å²) in [6.45, 7) is 5.09. The number of aromatic nitrogens is 1. The van der Waals surface area contributed by atoms with Crippen LogP contribution >= 0.6 is 11.8 Å². The molecule has 1 aromatic heterocycles. The van der Waals surface area contributed by atoms with Crippen molar-refractivity contribution >= 4 is 23.6 Å². The molecule has 7 heteroatoms. The smallest absolute Gasteiger partial charge is 0.354 e. The second kappa shape index (κ2) is 6.91. The summed E-state index contributed by atoms with van der Waals surface area (Å²) in [5.41, 5.74) is -0.0129. The third kappa shape index (κ3) is 4.44. The van der Waals surface area contributed by atoms with E-state index in [1.54, 1.807) is 11.0 Å². The minimum absolute atomic E-state index is 0.0129. The Kier molecular flexibility index (Phi) is 5.19. The van der Waals surface area contributed by atoms with Crippen molar-refractivity contribution in [3.63, 3.8) is 0 Å². The topological polar surface area (TPSA) is 79.7 Å². The van der Waals surface area contributed by atoms with Crippen molar-refractivity contribution in [1.82, 2.24) is 9.88 Å². The number of carbonyl (C=O) groups excluding carboxylic acids is 1. The number of aromatic carboxylic acids is 1.